The van der Waals surface area contributed by atoms with Crippen molar-refractivity contribution < 1.29 is 9.84 Å². The largest absolute Gasteiger partial charge is 0.362 e. The summed E-state index contributed by atoms with van der Waals surface area (Å²) in [5.74, 6) is -1.15. The molecule has 11 heteroatoms. The molecular weight excluding hydrogens is 402 g/mol. The van der Waals surface area contributed by atoms with E-state index in [0.29, 0.717) is 43.8 Å². The van der Waals surface area contributed by atoms with Gasteiger partial charge < -0.3 is 19.4 Å². The summed E-state index contributed by atoms with van der Waals surface area (Å²) in [5.41, 5.74) is 1.79. The number of para-hydroxylation sites is 2. The van der Waals surface area contributed by atoms with E-state index in [0.717, 1.165) is 15.6 Å². The molecule has 11 nitrogen and oxygen atoms in total. The lowest BCUT2D eigenvalue weighted by atomic mass is 10.3. The van der Waals surface area contributed by atoms with Crippen molar-refractivity contribution >= 4 is 22.2 Å². The molecule has 5 rings (SSSR count). The molecule has 1 unspecified atom stereocenters. The molecule has 1 aliphatic rings. The number of hydrogen-bond donors (Lipinski definition) is 1. The third kappa shape index (κ3) is 3.31. The number of hydrogen-bond acceptors (Lipinski definition) is 7. The molecule has 4 heterocycles. The van der Waals surface area contributed by atoms with Gasteiger partial charge >= 0.3 is 5.69 Å². The van der Waals surface area contributed by atoms with E-state index in [2.05, 4.69) is 9.97 Å². The third-order valence-electron chi connectivity index (χ3n) is 5.68. The van der Waals surface area contributed by atoms with Crippen LogP contribution in [0.5, 0.6) is 0 Å². The monoisotopic (exact) mass is 425 g/mol. The van der Waals surface area contributed by atoms with Crippen molar-refractivity contribution in [1.82, 2.24) is 28.3 Å². The summed E-state index contributed by atoms with van der Waals surface area (Å²) in [4.78, 5) is 33.4. The number of ether oxygens (including phenoxy) is 1. The average Bonchev–Trinajstić information content (AvgIpc) is 3.17. The van der Waals surface area contributed by atoms with Crippen LogP contribution in [-0.4, -0.2) is 58.9 Å². The Kier molecular flexibility index (Phi) is 4.45. The first-order chi connectivity index (χ1) is 14.9. The number of benzene rings is 1. The Morgan fingerprint density at radius 2 is 1.94 bits per heavy atom. The molecule has 162 valence electrons. The Hall–Kier alpha value is -3.44. The van der Waals surface area contributed by atoms with Crippen LogP contribution in [0.15, 0.2) is 46.5 Å². The Balaban J connectivity index is 1.41. The predicted octanol–water partition coefficient (Wildman–Crippen LogP) is -0.469. The van der Waals surface area contributed by atoms with Gasteiger partial charge in [-0.05, 0) is 18.6 Å². The first kappa shape index (κ1) is 19.5. The molecule has 0 saturated carbocycles. The fourth-order valence-electron chi connectivity index (χ4n) is 3.88. The molecule has 0 aliphatic carbocycles. The minimum absolute atomic E-state index is 0.298. The van der Waals surface area contributed by atoms with E-state index in [9.17, 15) is 14.7 Å². The molecule has 1 aliphatic heterocycles. The Morgan fingerprint density at radius 1 is 1.16 bits per heavy atom. The topological polar surface area (TPSA) is 116 Å². The zero-order valence-corrected chi connectivity index (χ0v) is 17.3. The molecule has 1 saturated heterocycles. The van der Waals surface area contributed by atoms with E-state index in [4.69, 9.17) is 4.74 Å². The smallest absolute Gasteiger partial charge is 0.332 e. The minimum atomic E-state index is -1.15. The van der Waals surface area contributed by atoms with Crippen molar-refractivity contribution in [1.29, 1.82) is 0 Å². The number of imidazole rings is 2. The quantitative estimate of drug-likeness (QED) is 0.398. The van der Waals surface area contributed by atoms with Crippen molar-refractivity contribution in [3.63, 3.8) is 0 Å². The van der Waals surface area contributed by atoms with Gasteiger partial charge in [-0.1, -0.05) is 12.1 Å². The molecule has 0 spiro atoms. The lowest BCUT2D eigenvalue weighted by Gasteiger charge is -2.27. The molecule has 0 bridgehead atoms. The standard InChI is InChI=1S/C20H23N7O4/c1-23-17-16(18(28)24(2)19(23)29)25(12-22-17)8-5-9-26(10-20(30)11-31-20)27-13-21-14-6-3-4-7-15(14)27/h3-4,6-7,12-13,30H,5,8-11H2,1-2H3. The molecule has 1 aromatic carbocycles. The van der Waals surface area contributed by atoms with Gasteiger partial charge in [0.05, 0.1) is 23.9 Å². The lowest BCUT2D eigenvalue weighted by molar-refractivity contribution is 0.0388. The minimum Gasteiger partial charge on any atom is -0.362 e. The van der Waals surface area contributed by atoms with Gasteiger partial charge in [0, 0.05) is 27.2 Å². The molecular formula is C20H23N7O4. The van der Waals surface area contributed by atoms with Crippen LogP contribution in [0.25, 0.3) is 22.2 Å². The van der Waals surface area contributed by atoms with Crippen LogP contribution in [0.1, 0.15) is 6.42 Å². The molecule has 0 amide bonds. The Bertz CT molecular complexity index is 1390. The second-order valence-corrected chi connectivity index (χ2v) is 7.87. The van der Waals surface area contributed by atoms with Gasteiger partial charge in [-0.25, -0.2) is 19.4 Å². The summed E-state index contributed by atoms with van der Waals surface area (Å²) in [6.07, 6.45) is 3.98. The highest BCUT2D eigenvalue weighted by atomic mass is 16.7. The first-order valence-electron chi connectivity index (χ1n) is 10.0. The number of aromatic nitrogens is 6. The van der Waals surface area contributed by atoms with E-state index in [1.54, 1.807) is 24.3 Å². The Morgan fingerprint density at radius 3 is 2.71 bits per heavy atom. The molecule has 0 radical (unpaired) electrons. The van der Waals surface area contributed by atoms with E-state index in [1.165, 1.54) is 11.6 Å². The number of aliphatic hydroxyl groups is 1. The van der Waals surface area contributed by atoms with E-state index in [1.807, 2.05) is 34.0 Å². The third-order valence-corrected chi connectivity index (χ3v) is 5.68. The summed E-state index contributed by atoms with van der Waals surface area (Å²) in [7, 11) is 3.06. The SMILES string of the molecule is Cn1c(=O)c2c(ncn2CCCN(CC2(O)CO2)n2cnc3ccccc32)n(C)c1=O. The average molecular weight is 425 g/mol. The fraction of sp³-hybridized carbons (Fsp3) is 0.400. The highest BCUT2D eigenvalue weighted by Gasteiger charge is 2.44. The van der Waals surface area contributed by atoms with Crippen molar-refractivity contribution in [2.45, 2.75) is 18.8 Å². The Labute approximate surface area is 176 Å². The number of nitrogens with zero attached hydrogens (tertiary/aromatic N) is 7. The molecule has 31 heavy (non-hydrogen) atoms. The van der Waals surface area contributed by atoms with Crippen LogP contribution < -0.4 is 16.3 Å². The van der Waals surface area contributed by atoms with E-state index < -0.39 is 11.5 Å². The number of aryl methyl sites for hydroxylation is 2. The van der Waals surface area contributed by atoms with Gasteiger partial charge in [0.25, 0.3) is 5.56 Å². The molecule has 4 aromatic rings. The maximum atomic E-state index is 12.6. The molecule has 3 aromatic heterocycles. The summed E-state index contributed by atoms with van der Waals surface area (Å²) in [5, 5.41) is 12.3. The van der Waals surface area contributed by atoms with Gasteiger partial charge in [0.2, 0.25) is 5.79 Å². The van der Waals surface area contributed by atoms with Crippen molar-refractivity contribution in [2.24, 2.45) is 14.1 Å². The zero-order valence-electron chi connectivity index (χ0n) is 17.3. The van der Waals surface area contributed by atoms with Crippen LogP contribution >= 0.6 is 0 Å². The number of rotatable bonds is 7. The summed E-state index contributed by atoms with van der Waals surface area (Å²) in [6, 6.07) is 7.78. The van der Waals surface area contributed by atoms with Crippen LogP contribution in [0.2, 0.25) is 0 Å². The van der Waals surface area contributed by atoms with Crippen LogP contribution in [0.4, 0.5) is 0 Å². The molecule has 1 N–H and O–H groups in total. The van der Waals surface area contributed by atoms with Gasteiger partial charge in [-0.3, -0.25) is 13.9 Å². The van der Waals surface area contributed by atoms with Crippen molar-refractivity contribution in [3.8, 4) is 0 Å². The first-order valence-corrected chi connectivity index (χ1v) is 10.0. The van der Waals surface area contributed by atoms with Crippen LogP contribution in [-0.2, 0) is 25.4 Å². The van der Waals surface area contributed by atoms with E-state index >= 15 is 0 Å². The number of fused-ring (bicyclic) bond motifs is 2. The highest BCUT2D eigenvalue weighted by Crippen LogP contribution is 2.25. The van der Waals surface area contributed by atoms with Gasteiger partial charge in [-0.15, -0.1) is 0 Å². The summed E-state index contributed by atoms with van der Waals surface area (Å²) >= 11 is 0. The second kappa shape index (κ2) is 7.06. The van der Waals surface area contributed by atoms with Gasteiger partial charge in [-0.2, -0.15) is 0 Å². The zero-order chi connectivity index (χ0) is 21.8. The summed E-state index contributed by atoms with van der Waals surface area (Å²) < 4.78 is 11.3. The predicted molar refractivity (Wildman–Crippen MR) is 113 cm³/mol. The van der Waals surface area contributed by atoms with Gasteiger partial charge in [0.1, 0.15) is 12.9 Å². The maximum absolute atomic E-state index is 12.6. The summed E-state index contributed by atoms with van der Waals surface area (Å²) in [6.45, 7) is 1.70. The van der Waals surface area contributed by atoms with E-state index in [-0.39, 0.29) is 5.56 Å². The van der Waals surface area contributed by atoms with Gasteiger partial charge in [0.15, 0.2) is 11.2 Å². The van der Waals surface area contributed by atoms with Crippen LogP contribution in [0, 0.1) is 0 Å². The fourth-order valence-corrected chi connectivity index (χ4v) is 3.88. The number of epoxide rings is 1. The second-order valence-electron chi connectivity index (χ2n) is 7.87. The normalized spacial score (nSPS) is 18.2. The molecule has 1 atom stereocenters. The molecule has 1 fully saturated rings. The van der Waals surface area contributed by atoms with Crippen LogP contribution in [0.3, 0.4) is 0 Å². The van der Waals surface area contributed by atoms with Crippen molar-refractivity contribution in [3.05, 3.63) is 57.8 Å². The van der Waals surface area contributed by atoms with Crippen molar-refractivity contribution in [2.75, 3.05) is 24.7 Å². The highest BCUT2D eigenvalue weighted by molar-refractivity contribution is 5.75. The lowest BCUT2D eigenvalue weighted by Crippen LogP contribution is -2.43. The maximum Gasteiger partial charge on any atom is 0.332 e.